The van der Waals surface area contributed by atoms with Crippen LogP contribution in [-0.4, -0.2) is 0 Å². The van der Waals surface area contributed by atoms with Crippen LogP contribution >= 0.6 is 0 Å². The lowest BCUT2D eigenvalue weighted by Gasteiger charge is -2.08. The van der Waals surface area contributed by atoms with Gasteiger partial charge in [-0.25, -0.2) is 0 Å². The highest BCUT2D eigenvalue weighted by atomic mass is 14.6. The summed E-state index contributed by atoms with van der Waals surface area (Å²) in [5.41, 5.74) is 7.00. The van der Waals surface area contributed by atoms with E-state index in [0.717, 1.165) is 5.56 Å². The van der Waals surface area contributed by atoms with Gasteiger partial charge in [0, 0.05) is 6.04 Å². The van der Waals surface area contributed by atoms with E-state index < -0.39 is 0 Å². The van der Waals surface area contributed by atoms with Crippen molar-refractivity contribution in [3.05, 3.63) is 35.4 Å². The molecule has 1 aromatic rings. The summed E-state index contributed by atoms with van der Waals surface area (Å²) >= 11 is 0. The molecule has 64 valence electrons. The van der Waals surface area contributed by atoms with Gasteiger partial charge in [0.1, 0.15) is 0 Å². The minimum Gasteiger partial charge on any atom is -0.323 e. The minimum atomic E-state index is -0.360. The van der Waals surface area contributed by atoms with Gasteiger partial charge >= 0.3 is 0 Å². The van der Waals surface area contributed by atoms with E-state index in [1.807, 2.05) is 18.2 Å². The monoisotopic (exact) mass is 171 g/mol. The van der Waals surface area contributed by atoms with Gasteiger partial charge in [-0.1, -0.05) is 18.2 Å². The Bertz CT molecular complexity index is 370. The largest absolute Gasteiger partial charge is 0.323 e. The molecule has 1 atom stereocenters. The molecule has 0 saturated heterocycles. The van der Waals surface area contributed by atoms with Crippen molar-refractivity contribution in [3.8, 4) is 12.1 Å². The van der Waals surface area contributed by atoms with Gasteiger partial charge in [0.2, 0.25) is 0 Å². The lowest BCUT2D eigenvalue weighted by atomic mass is 10.00. The summed E-state index contributed by atoms with van der Waals surface area (Å²) in [6.07, 6.45) is 0.235. The Morgan fingerprint density at radius 2 is 2.00 bits per heavy atom. The first-order valence-corrected chi connectivity index (χ1v) is 3.91. The molecule has 3 heteroatoms. The molecule has 1 rings (SSSR count). The molecule has 0 aliphatic rings. The predicted octanol–water partition coefficient (Wildman–Crippen LogP) is 1.47. The fraction of sp³-hybridized carbons (Fsp3) is 0.200. The molecule has 0 saturated carbocycles. The highest BCUT2D eigenvalue weighted by Gasteiger charge is 2.08. The number of hydrogen-bond acceptors (Lipinski definition) is 3. The first-order chi connectivity index (χ1) is 6.29. The van der Waals surface area contributed by atoms with Crippen molar-refractivity contribution >= 4 is 0 Å². The summed E-state index contributed by atoms with van der Waals surface area (Å²) in [6, 6.07) is 10.7. The van der Waals surface area contributed by atoms with Crippen molar-refractivity contribution in [3.63, 3.8) is 0 Å². The fourth-order valence-electron chi connectivity index (χ4n) is 1.13. The molecule has 0 aliphatic heterocycles. The van der Waals surface area contributed by atoms with Gasteiger partial charge in [0.05, 0.1) is 24.1 Å². The Morgan fingerprint density at radius 1 is 1.31 bits per heavy atom. The molecule has 0 bridgehead atoms. The third-order valence-electron chi connectivity index (χ3n) is 1.79. The van der Waals surface area contributed by atoms with Gasteiger partial charge in [0.15, 0.2) is 0 Å². The second-order valence-corrected chi connectivity index (χ2v) is 2.67. The maximum atomic E-state index is 8.75. The predicted molar refractivity (Wildman–Crippen MR) is 48.3 cm³/mol. The Morgan fingerprint density at radius 3 is 2.62 bits per heavy atom. The molecule has 2 N–H and O–H groups in total. The van der Waals surface area contributed by atoms with E-state index in [0.29, 0.717) is 5.56 Å². The lowest BCUT2D eigenvalue weighted by Crippen LogP contribution is -2.10. The average Bonchev–Trinajstić information content (AvgIpc) is 2.18. The zero-order valence-corrected chi connectivity index (χ0v) is 7.07. The van der Waals surface area contributed by atoms with Crippen LogP contribution in [0.15, 0.2) is 24.3 Å². The number of nitrogens with two attached hydrogens (primary N) is 1. The van der Waals surface area contributed by atoms with Crippen LogP contribution < -0.4 is 5.73 Å². The summed E-state index contributed by atoms with van der Waals surface area (Å²) in [5, 5.41) is 17.2. The van der Waals surface area contributed by atoms with Crippen LogP contribution in [0.2, 0.25) is 0 Å². The summed E-state index contributed by atoms with van der Waals surface area (Å²) in [6.45, 7) is 0. The molecule has 0 radical (unpaired) electrons. The van der Waals surface area contributed by atoms with Gasteiger partial charge < -0.3 is 5.73 Å². The van der Waals surface area contributed by atoms with Crippen LogP contribution in [0.3, 0.4) is 0 Å². The van der Waals surface area contributed by atoms with Crippen molar-refractivity contribution < 1.29 is 0 Å². The standard InChI is InChI=1S/C10H9N3/c11-6-5-10(13)9-4-2-1-3-8(9)7-12/h1-4,10H,5,13H2/t10-/m0/s1. The fourth-order valence-corrected chi connectivity index (χ4v) is 1.13. The molecule has 0 fully saturated rings. The SMILES string of the molecule is N#CC[C@H](N)c1ccccc1C#N. The normalized spacial score (nSPS) is 11.3. The molecule has 0 aliphatic carbocycles. The van der Waals surface area contributed by atoms with Crippen LogP contribution in [-0.2, 0) is 0 Å². The van der Waals surface area contributed by atoms with Gasteiger partial charge in [0.25, 0.3) is 0 Å². The first-order valence-electron chi connectivity index (χ1n) is 3.91. The molecule has 0 aromatic heterocycles. The van der Waals surface area contributed by atoms with Gasteiger partial charge in [-0.2, -0.15) is 10.5 Å². The second kappa shape index (κ2) is 4.25. The number of hydrogen-bond donors (Lipinski definition) is 1. The maximum Gasteiger partial charge on any atom is 0.0995 e. The molecule has 0 amide bonds. The third kappa shape index (κ3) is 2.05. The molecule has 3 nitrogen and oxygen atoms in total. The Labute approximate surface area is 77.0 Å². The first kappa shape index (κ1) is 9.25. The lowest BCUT2D eigenvalue weighted by molar-refractivity contribution is 0.746. The highest BCUT2D eigenvalue weighted by molar-refractivity contribution is 5.39. The van der Waals surface area contributed by atoms with Crippen molar-refractivity contribution in [2.75, 3.05) is 0 Å². The summed E-state index contributed by atoms with van der Waals surface area (Å²) in [5.74, 6) is 0. The van der Waals surface area contributed by atoms with E-state index >= 15 is 0 Å². The number of nitriles is 2. The highest BCUT2D eigenvalue weighted by Crippen LogP contribution is 2.17. The van der Waals surface area contributed by atoms with Gasteiger partial charge in [-0.3, -0.25) is 0 Å². The van der Waals surface area contributed by atoms with Gasteiger partial charge in [-0.15, -0.1) is 0 Å². The van der Waals surface area contributed by atoms with E-state index in [-0.39, 0.29) is 12.5 Å². The molecule has 1 aromatic carbocycles. The van der Waals surface area contributed by atoms with Gasteiger partial charge in [-0.05, 0) is 11.6 Å². The number of nitrogens with zero attached hydrogens (tertiary/aromatic N) is 2. The second-order valence-electron chi connectivity index (χ2n) is 2.67. The third-order valence-corrected chi connectivity index (χ3v) is 1.79. The zero-order valence-electron chi connectivity index (χ0n) is 7.07. The number of rotatable bonds is 2. The van der Waals surface area contributed by atoms with Crippen LogP contribution in [0.25, 0.3) is 0 Å². The van der Waals surface area contributed by atoms with E-state index in [9.17, 15) is 0 Å². The molecular formula is C10H9N3. The van der Waals surface area contributed by atoms with E-state index in [1.165, 1.54) is 0 Å². The van der Waals surface area contributed by atoms with Crippen LogP contribution in [0.4, 0.5) is 0 Å². The Hall–Kier alpha value is -1.84. The van der Waals surface area contributed by atoms with E-state index in [1.54, 1.807) is 18.2 Å². The summed E-state index contributed by atoms with van der Waals surface area (Å²) in [7, 11) is 0. The molecular weight excluding hydrogens is 162 g/mol. The molecule has 13 heavy (non-hydrogen) atoms. The average molecular weight is 171 g/mol. The van der Waals surface area contributed by atoms with Crippen LogP contribution in [0.5, 0.6) is 0 Å². The van der Waals surface area contributed by atoms with Crippen molar-refractivity contribution in [1.29, 1.82) is 10.5 Å². The van der Waals surface area contributed by atoms with E-state index in [2.05, 4.69) is 0 Å². The van der Waals surface area contributed by atoms with Crippen molar-refractivity contribution in [2.45, 2.75) is 12.5 Å². The summed E-state index contributed by atoms with van der Waals surface area (Å²) < 4.78 is 0. The topological polar surface area (TPSA) is 73.6 Å². The minimum absolute atomic E-state index is 0.235. The van der Waals surface area contributed by atoms with Crippen LogP contribution in [0, 0.1) is 22.7 Å². The maximum absolute atomic E-state index is 8.75. The molecule has 0 spiro atoms. The number of benzene rings is 1. The Kier molecular flexibility index (Phi) is 3.03. The summed E-state index contributed by atoms with van der Waals surface area (Å²) in [4.78, 5) is 0. The van der Waals surface area contributed by atoms with Crippen LogP contribution in [0.1, 0.15) is 23.6 Å². The van der Waals surface area contributed by atoms with E-state index in [4.69, 9.17) is 16.3 Å². The Balaban J connectivity index is 3.02. The molecule has 0 heterocycles. The zero-order chi connectivity index (χ0) is 9.68. The molecule has 0 unspecified atom stereocenters. The van der Waals surface area contributed by atoms with Crippen molar-refractivity contribution in [2.24, 2.45) is 5.73 Å². The smallest absolute Gasteiger partial charge is 0.0995 e. The quantitative estimate of drug-likeness (QED) is 0.732. The van der Waals surface area contributed by atoms with Crippen molar-refractivity contribution in [1.82, 2.24) is 0 Å².